The molecular formula is C14H11O7P. The molecule has 114 valence electrons. The third kappa shape index (κ3) is 4.18. The van der Waals surface area contributed by atoms with E-state index in [0.717, 1.165) is 0 Å². The predicted molar refractivity (Wildman–Crippen MR) is 77.2 cm³/mol. The van der Waals surface area contributed by atoms with Gasteiger partial charge in [-0.25, -0.2) is 9.59 Å². The predicted octanol–water partition coefficient (Wildman–Crippen LogP) is 2.76. The van der Waals surface area contributed by atoms with E-state index in [2.05, 4.69) is 0 Å². The molecule has 0 fully saturated rings. The Morgan fingerprint density at radius 2 is 1.05 bits per heavy atom. The highest BCUT2D eigenvalue weighted by Gasteiger charge is 2.13. The van der Waals surface area contributed by atoms with Crippen molar-refractivity contribution >= 4 is 20.5 Å². The van der Waals surface area contributed by atoms with Crippen LogP contribution in [0, 0.1) is 0 Å². The van der Waals surface area contributed by atoms with E-state index < -0.39 is 20.5 Å². The van der Waals surface area contributed by atoms with E-state index in [1.165, 1.54) is 48.5 Å². The van der Waals surface area contributed by atoms with Crippen molar-refractivity contribution in [1.82, 2.24) is 0 Å². The van der Waals surface area contributed by atoms with E-state index in [1.807, 2.05) is 0 Å². The normalized spacial score (nSPS) is 10.3. The van der Waals surface area contributed by atoms with Crippen LogP contribution in [0.5, 0.6) is 11.5 Å². The first-order valence-corrected chi connectivity index (χ1v) is 7.10. The van der Waals surface area contributed by atoms with Gasteiger partial charge in [0.2, 0.25) is 0 Å². The van der Waals surface area contributed by atoms with Crippen molar-refractivity contribution in [2.45, 2.75) is 0 Å². The maximum Gasteiger partial charge on any atom is 0.460 e. The number of carbonyl (C=O) groups is 2. The Labute approximate surface area is 126 Å². The van der Waals surface area contributed by atoms with Gasteiger partial charge < -0.3 is 24.2 Å². The summed E-state index contributed by atoms with van der Waals surface area (Å²) in [7, 11) is -2.28. The lowest BCUT2D eigenvalue weighted by Gasteiger charge is -2.12. The molecule has 0 amide bonds. The third-order valence-electron chi connectivity index (χ3n) is 2.57. The first kappa shape index (κ1) is 15.8. The second-order valence-electron chi connectivity index (χ2n) is 4.08. The van der Waals surface area contributed by atoms with Gasteiger partial charge in [0.25, 0.3) is 0 Å². The Bertz CT molecular complexity index is 607. The number of hydrogen-bond donors (Lipinski definition) is 3. The summed E-state index contributed by atoms with van der Waals surface area (Å²) < 4.78 is 10.2. The molecule has 0 unspecified atom stereocenters. The van der Waals surface area contributed by atoms with Crippen LogP contribution in [-0.4, -0.2) is 27.0 Å². The molecule has 0 aliphatic carbocycles. The summed E-state index contributed by atoms with van der Waals surface area (Å²) in [6, 6.07) is 10.9. The highest BCUT2D eigenvalue weighted by Crippen LogP contribution is 2.36. The van der Waals surface area contributed by atoms with Gasteiger partial charge in [-0.3, -0.25) is 0 Å². The summed E-state index contributed by atoms with van der Waals surface area (Å²) in [6.45, 7) is 0. The standard InChI is InChI=1S/C14H11O7P/c15-13(16)9-1-5-11(6-2-9)20-22(19)21-12-7-3-10(4-8-12)14(17)18/h1-8,19H,(H,15,16)(H,17,18). The monoisotopic (exact) mass is 322 g/mol. The van der Waals surface area contributed by atoms with Crippen LogP contribution >= 0.6 is 8.60 Å². The molecular weight excluding hydrogens is 311 g/mol. The highest BCUT2D eigenvalue weighted by molar-refractivity contribution is 7.41. The molecule has 3 N–H and O–H groups in total. The zero-order valence-electron chi connectivity index (χ0n) is 11.0. The average Bonchev–Trinajstić information content (AvgIpc) is 2.48. The number of benzene rings is 2. The molecule has 0 aromatic heterocycles. The highest BCUT2D eigenvalue weighted by atomic mass is 31.2. The Morgan fingerprint density at radius 1 is 0.727 bits per heavy atom. The first-order valence-electron chi connectivity index (χ1n) is 5.97. The average molecular weight is 322 g/mol. The summed E-state index contributed by atoms with van der Waals surface area (Å²) in [5.41, 5.74) is 0.194. The van der Waals surface area contributed by atoms with Crippen molar-refractivity contribution < 1.29 is 33.7 Å². The van der Waals surface area contributed by atoms with Crippen LogP contribution in [-0.2, 0) is 0 Å². The van der Waals surface area contributed by atoms with Crippen LogP contribution in [0.4, 0.5) is 0 Å². The Kier molecular flexibility index (Phi) is 4.93. The quantitative estimate of drug-likeness (QED) is 0.701. The number of rotatable bonds is 6. The minimum Gasteiger partial charge on any atom is -0.478 e. The van der Waals surface area contributed by atoms with E-state index in [9.17, 15) is 14.5 Å². The zero-order chi connectivity index (χ0) is 16.1. The number of carboxylic acid groups (broad SMARTS) is 2. The second-order valence-corrected chi connectivity index (χ2v) is 4.92. The minimum absolute atomic E-state index is 0.0970. The molecule has 8 heteroatoms. The van der Waals surface area contributed by atoms with Crippen LogP contribution in [0.15, 0.2) is 48.5 Å². The third-order valence-corrected chi connectivity index (χ3v) is 3.30. The second kappa shape index (κ2) is 6.89. The zero-order valence-corrected chi connectivity index (χ0v) is 11.9. The maximum atomic E-state index is 10.7. The van der Waals surface area contributed by atoms with Crippen molar-refractivity contribution in [1.29, 1.82) is 0 Å². The van der Waals surface area contributed by atoms with Crippen molar-refractivity contribution in [3.63, 3.8) is 0 Å². The fraction of sp³-hybridized carbons (Fsp3) is 0. The molecule has 0 heterocycles. The van der Waals surface area contributed by atoms with Crippen molar-refractivity contribution in [3.8, 4) is 11.5 Å². The fourth-order valence-electron chi connectivity index (χ4n) is 1.52. The van der Waals surface area contributed by atoms with Crippen LogP contribution in [0.25, 0.3) is 0 Å². The first-order chi connectivity index (χ1) is 10.5. The van der Waals surface area contributed by atoms with Gasteiger partial charge in [0.15, 0.2) is 0 Å². The van der Waals surface area contributed by atoms with Crippen LogP contribution in [0.2, 0.25) is 0 Å². The van der Waals surface area contributed by atoms with Gasteiger partial charge in [-0.2, -0.15) is 0 Å². The van der Waals surface area contributed by atoms with E-state index in [4.69, 9.17) is 19.3 Å². The van der Waals surface area contributed by atoms with Gasteiger partial charge in [0.1, 0.15) is 11.5 Å². The number of aromatic carboxylic acids is 2. The van der Waals surface area contributed by atoms with E-state index in [-0.39, 0.29) is 22.6 Å². The van der Waals surface area contributed by atoms with Crippen LogP contribution in [0.3, 0.4) is 0 Å². The summed E-state index contributed by atoms with van der Waals surface area (Å²) in [4.78, 5) is 31.1. The van der Waals surface area contributed by atoms with E-state index in [1.54, 1.807) is 0 Å². The summed E-state index contributed by atoms with van der Waals surface area (Å²) in [5.74, 6) is -1.62. The molecule has 0 radical (unpaired) electrons. The molecule has 0 aliphatic rings. The number of hydrogen-bond acceptors (Lipinski definition) is 5. The summed E-state index contributed by atoms with van der Waals surface area (Å²) >= 11 is 0. The lowest BCUT2D eigenvalue weighted by atomic mass is 10.2. The number of carboxylic acids is 2. The van der Waals surface area contributed by atoms with Gasteiger partial charge >= 0.3 is 20.5 Å². The Balaban J connectivity index is 1.95. The van der Waals surface area contributed by atoms with Crippen LogP contribution < -0.4 is 9.05 Å². The molecule has 2 aromatic carbocycles. The SMILES string of the molecule is O=C(O)c1ccc(OP(O)Oc2ccc(C(=O)O)cc2)cc1. The van der Waals surface area contributed by atoms with E-state index in [0.29, 0.717) is 0 Å². The molecule has 0 bridgehead atoms. The molecule has 0 saturated carbocycles. The Morgan fingerprint density at radius 3 is 1.32 bits per heavy atom. The molecule has 0 atom stereocenters. The minimum atomic E-state index is -2.28. The van der Waals surface area contributed by atoms with Gasteiger partial charge in [0.05, 0.1) is 11.1 Å². The summed E-state index contributed by atoms with van der Waals surface area (Å²) in [5, 5.41) is 17.5. The molecule has 2 aromatic rings. The molecule has 7 nitrogen and oxygen atoms in total. The molecule has 0 saturated heterocycles. The topological polar surface area (TPSA) is 113 Å². The Hall–Kier alpha value is -2.63. The largest absolute Gasteiger partial charge is 0.478 e. The molecule has 0 aliphatic heterocycles. The van der Waals surface area contributed by atoms with Gasteiger partial charge in [0, 0.05) is 0 Å². The summed E-state index contributed by atoms with van der Waals surface area (Å²) in [6.07, 6.45) is 0. The lowest BCUT2D eigenvalue weighted by molar-refractivity contribution is 0.0686. The van der Waals surface area contributed by atoms with E-state index >= 15 is 0 Å². The molecule has 2 rings (SSSR count). The lowest BCUT2D eigenvalue weighted by Crippen LogP contribution is -1.98. The maximum absolute atomic E-state index is 10.7. The van der Waals surface area contributed by atoms with Gasteiger partial charge in [-0.1, -0.05) is 0 Å². The van der Waals surface area contributed by atoms with Crippen LogP contribution in [0.1, 0.15) is 20.7 Å². The van der Waals surface area contributed by atoms with Gasteiger partial charge in [-0.15, -0.1) is 0 Å². The smallest absolute Gasteiger partial charge is 0.460 e. The molecule has 0 spiro atoms. The molecule has 22 heavy (non-hydrogen) atoms. The van der Waals surface area contributed by atoms with Gasteiger partial charge in [-0.05, 0) is 48.5 Å². The fourth-order valence-corrected chi connectivity index (χ4v) is 2.16. The van der Waals surface area contributed by atoms with Crippen molar-refractivity contribution in [3.05, 3.63) is 59.7 Å². The van der Waals surface area contributed by atoms with Crippen molar-refractivity contribution in [2.75, 3.05) is 0 Å². The van der Waals surface area contributed by atoms with Crippen molar-refractivity contribution in [2.24, 2.45) is 0 Å².